The van der Waals surface area contributed by atoms with Gasteiger partial charge >= 0.3 is 5.97 Å². The Morgan fingerprint density at radius 2 is 0.807 bits per heavy atom. The molecule has 0 fully saturated rings. The molecule has 2 unspecified atom stereocenters. The van der Waals surface area contributed by atoms with Gasteiger partial charge in [0.15, 0.2) is 0 Å². The van der Waals surface area contributed by atoms with Crippen LogP contribution in [-0.4, -0.2) is 47.4 Å². The summed E-state index contributed by atoms with van der Waals surface area (Å²) >= 11 is 0. The minimum absolute atomic E-state index is 0.00705. The van der Waals surface area contributed by atoms with E-state index in [-0.39, 0.29) is 18.5 Å². The van der Waals surface area contributed by atoms with Crippen molar-refractivity contribution in [3.8, 4) is 0 Å². The average Bonchev–Trinajstić information content (AvgIpc) is 3.21. The maximum absolute atomic E-state index is 12.4. The van der Waals surface area contributed by atoms with E-state index in [1.54, 1.807) is 6.08 Å². The van der Waals surface area contributed by atoms with Crippen LogP contribution in [0.4, 0.5) is 0 Å². The molecule has 0 aromatic rings. The molecule has 6 heteroatoms. The molecule has 6 nitrogen and oxygen atoms in total. The van der Waals surface area contributed by atoms with Gasteiger partial charge in [0.25, 0.3) is 0 Å². The number of amides is 1. The first kappa shape index (κ1) is 55.6. The highest BCUT2D eigenvalue weighted by molar-refractivity contribution is 5.76. The second-order valence-electron chi connectivity index (χ2n) is 17.5. The Morgan fingerprint density at radius 3 is 1.19 bits per heavy atom. The van der Waals surface area contributed by atoms with Gasteiger partial charge in [0.2, 0.25) is 5.91 Å². The molecule has 57 heavy (non-hydrogen) atoms. The molecule has 0 aromatic carbocycles. The smallest absolute Gasteiger partial charge is 0.305 e. The van der Waals surface area contributed by atoms with Crippen molar-refractivity contribution < 1.29 is 24.5 Å². The molecule has 0 heterocycles. The van der Waals surface area contributed by atoms with E-state index in [1.165, 1.54) is 193 Å². The number of hydrogen-bond donors (Lipinski definition) is 3. The van der Waals surface area contributed by atoms with Gasteiger partial charge in [-0.1, -0.05) is 244 Å². The molecule has 0 rings (SSSR count). The normalized spacial score (nSPS) is 12.7. The van der Waals surface area contributed by atoms with Gasteiger partial charge in [0.05, 0.1) is 25.4 Å². The summed E-state index contributed by atoms with van der Waals surface area (Å²) in [6.07, 6.45) is 53.4. The van der Waals surface area contributed by atoms with E-state index in [4.69, 9.17) is 4.74 Å². The predicted octanol–water partition coefficient (Wildman–Crippen LogP) is 15.0. The number of aliphatic hydroxyl groups excluding tert-OH is 2. The lowest BCUT2D eigenvalue weighted by Gasteiger charge is -2.20. The molecule has 0 aliphatic carbocycles. The first-order valence-electron chi connectivity index (χ1n) is 25.5. The van der Waals surface area contributed by atoms with E-state index in [9.17, 15) is 19.8 Å². The van der Waals surface area contributed by atoms with Crippen molar-refractivity contribution in [2.24, 2.45) is 0 Å². The lowest BCUT2D eigenvalue weighted by molar-refractivity contribution is -0.143. The van der Waals surface area contributed by atoms with E-state index in [0.29, 0.717) is 19.4 Å². The number of carbonyl (C=O) groups is 2. The Kier molecular flexibility index (Phi) is 46.1. The molecule has 0 saturated carbocycles. The van der Waals surface area contributed by atoms with Gasteiger partial charge < -0.3 is 20.3 Å². The van der Waals surface area contributed by atoms with Crippen molar-refractivity contribution in [3.63, 3.8) is 0 Å². The minimum Gasteiger partial charge on any atom is -0.466 e. The molecule has 2 atom stereocenters. The maximum atomic E-state index is 12.4. The van der Waals surface area contributed by atoms with Crippen LogP contribution in [0.2, 0.25) is 0 Å². The summed E-state index contributed by atoms with van der Waals surface area (Å²) in [4.78, 5) is 24.4. The maximum Gasteiger partial charge on any atom is 0.305 e. The van der Waals surface area contributed by atoms with E-state index >= 15 is 0 Å². The highest BCUT2D eigenvalue weighted by Crippen LogP contribution is 2.16. The van der Waals surface area contributed by atoms with Gasteiger partial charge in [0.1, 0.15) is 0 Å². The Morgan fingerprint density at radius 1 is 0.474 bits per heavy atom. The van der Waals surface area contributed by atoms with Crippen molar-refractivity contribution >= 4 is 11.9 Å². The molecule has 1 amide bonds. The Hall–Kier alpha value is -1.40. The third-order valence-electron chi connectivity index (χ3n) is 11.8. The zero-order valence-corrected chi connectivity index (χ0v) is 38.3. The second kappa shape index (κ2) is 47.3. The number of nitrogens with one attached hydrogen (secondary N) is 1. The van der Waals surface area contributed by atoms with E-state index in [1.807, 2.05) is 6.08 Å². The van der Waals surface area contributed by atoms with Crippen LogP contribution < -0.4 is 5.32 Å². The van der Waals surface area contributed by atoms with Crippen LogP contribution >= 0.6 is 0 Å². The fraction of sp³-hybridized carbons (Fsp3) is 0.922. The Labute approximate surface area is 355 Å². The summed E-state index contributed by atoms with van der Waals surface area (Å²) in [5.41, 5.74) is 0. The molecule has 0 aromatic heterocycles. The average molecular weight is 806 g/mol. The molecule has 0 spiro atoms. The summed E-state index contributed by atoms with van der Waals surface area (Å²) in [6, 6.07) is -0.636. The number of hydrogen-bond acceptors (Lipinski definition) is 5. The number of aliphatic hydroxyl groups is 2. The second-order valence-corrected chi connectivity index (χ2v) is 17.5. The number of allylic oxidation sites excluding steroid dienone is 1. The van der Waals surface area contributed by atoms with E-state index in [2.05, 4.69) is 19.2 Å². The number of esters is 1. The van der Waals surface area contributed by atoms with Crippen LogP contribution in [0.25, 0.3) is 0 Å². The van der Waals surface area contributed by atoms with Gasteiger partial charge in [0, 0.05) is 12.8 Å². The van der Waals surface area contributed by atoms with Crippen molar-refractivity contribution in [1.29, 1.82) is 0 Å². The Balaban J connectivity index is 3.49. The van der Waals surface area contributed by atoms with E-state index in [0.717, 1.165) is 57.8 Å². The van der Waals surface area contributed by atoms with Crippen molar-refractivity contribution in [3.05, 3.63) is 12.2 Å². The molecule has 0 saturated heterocycles. The fourth-order valence-corrected chi connectivity index (χ4v) is 7.87. The lowest BCUT2D eigenvalue weighted by atomic mass is 10.0. The van der Waals surface area contributed by atoms with E-state index < -0.39 is 12.1 Å². The standard InChI is InChI=1S/C51H99NO5/c1-3-5-7-9-11-13-15-16-17-18-20-24-27-31-35-39-43-49(54)48(47-53)52-50(55)44-40-36-32-28-25-21-19-22-26-30-34-38-42-46-57-51(56)45-41-37-33-29-23-14-12-10-8-6-4-2/h39,43,48-49,53-54H,3-38,40-42,44-47H2,1-2H3,(H,52,55)/b43-39+. The predicted molar refractivity (Wildman–Crippen MR) is 246 cm³/mol. The van der Waals surface area contributed by atoms with Gasteiger partial charge in [-0.05, 0) is 32.1 Å². The monoisotopic (exact) mass is 806 g/mol. The molecular weight excluding hydrogens is 707 g/mol. The van der Waals surface area contributed by atoms with Crippen LogP contribution in [0, 0.1) is 0 Å². The third kappa shape index (κ3) is 44.0. The van der Waals surface area contributed by atoms with Gasteiger partial charge in [-0.25, -0.2) is 0 Å². The largest absolute Gasteiger partial charge is 0.466 e. The van der Waals surface area contributed by atoms with Crippen molar-refractivity contribution in [2.45, 2.75) is 289 Å². The fourth-order valence-electron chi connectivity index (χ4n) is 7.87. The number of unbranched alkanes of at least 4 members (excludes halogenated alkanes) is 36. The number of ether oxygens (including phenoxy) is 1. The number of rotatable bonds is 47. The first-order valence-corrected chi connectivity index (χ1v) is 25.5. The summed E-state index contributed by atoms with van der Waals surface area (Å²) < 4.78 is 5.44. The number of carbonyl (C=O) groups excluding carboxylic acids is 2. The van der Waals surface area contributed by atoms with Gasteiger partial charge in [-0.3, -0.25) is 9.59 Å². The van der Waals surface area contributed by atoms with Gasteiger partial charge in [-0.15, -0.1) is 0 Å². The third-order valence-corrected chi connectivity index (χ3v) is 11.8. The van der Waals surface area contributed by atoms with Crippen LogP contribution in [0.1, 0.15) is 277 Å². The summed E-state index contributed by atoms with van der Waals surface area (Å²) in [6.45, 7) is 4.88. The summed E-state index contributed by atoms with van der Waals surface area (Å²) in [5.74, 6) is -0.0864. The quantitative estimate of drug-likeness (QED) is 0.0323. The molecule has 3 N–H and O–H groups in total. The Bertz CT molecular complexity index is 847. The minimum atomic E-state index is -0.851. The molecule has 338 valence electrons. The van der Waals surface area contributed by atoms with Gasteiger partial charge in [-0.2, -0.15) is 0 Å². The molecule has 0 aliphatic heterocycles. The van der Waals surface area contributed by atoms with Crippen molar-refractivity contribution in [1.82, 2.24) is 5.32 Å². The lowest BCUT2D eigenvalue weighted by Crippen LogP contribution is -2.45. The van der Waals surface area contributed by atoms with Crippen molar-refractivity contribution in [2.75, 3.05) is 13.2 Å². The molecule has 0 aliphatic rings. The van der Waals surface area contributed by atoms with Crippen LogP contribution in [0.3, 0.4) is 0 Å². The SMILES string of the molecule is CCCCCCCCCCCCCCCC/C=C/C(O)C(CO)NC(=O)CCCCCCCCCCCCCCCOC(=O)CCCCCCCCCCCCC. The molecule has 0 bridgehead atoms. The zero-order valence-electron chi connectivity index (χ0n) is 38.3. The molecule has 0 radical (unpaired) electrons. The van der Waals surface area contributed by atoms with Crippen LogP contribution in [0.15, 0.2) is 12.2 Å². The summed E-state index contributed by atoms with van der Waals surface area (Å²) in [5, 5.41) is 23.1. The zero-order chi connectivity index (χ0) is 41.5. The van der Waals surface area contributed by atoms with Crippen LogP contribution in [0.5, 0.6) is 0 Å². The summed E-state index contributed by atoms with van der Waals surface area (Å²) in [7, 11) is 0. The topological polar surface area (TPSA) is 95.9 Å². The first-order chi connectivity index (χ1) is 28.0. The highest BCUT2D eigenvalue weighted by Gasteiger charge is 2.18. The highest BCUT2D eigenvalue weighted by atomic mass is 16.5. The van der Waals surface area contributed by atoms with Crippen LogP contribution in [-0.2, 0) is 14.3 Å². The molecular formula is C51H99NO5.